The van der Waals surface area contributed by atoms with Crippen LogP contribution in [0.15, 0.2) is 39.6 Å². The van der Waals surface area contributed by atoms with Crippen molar-refractivity contribution in [2.45, 2.75) is 13.3 Å². The van der Waals surface area contributed by atoms with Crippen LogP contribution >= 0.6 is 0 Å². The lowest BCUT2D eigenvalue weighted by Crippen LogP contribution is -2.07. The van der Waals surface area contributed by atoms with E-state index in [9.17, 15) is 0 Å². The Kier molecular flexibility index (Phi) is 4.47. The Labute approximate surface area is 93.5 Å². The Morgan fingerprint density at radius 3 is 2.69 bits per heavy atom. The van der Waals surface area contributed by atoms with Gasteiger partial charge in [-0.3, -0.25) is 5.43 Å². The molecule has 1 aromatic rings. The Hall–Kier alpha value is -2.42. The number of nitriles is 1. The zero-order chi connectivity index (χ0) is 11.8. The van der Waals surface area contributed by atoms with Crippen molar-refractivity contribution in [2.75, 3.05) is 5.43 Å². The molecule has 0 atom stereocenters. The molecule has 0 aliphatic heterocycles. The Morgan fingerprint density at radius 2 is 2.12 bits per heavy atom. The molecule has 0 saturated heterocycles. The minimum atomic E-state index is -0.180. The molecule has 0 spiro atoms. The van der Waals surface area contributed by atoms with Gasteiger partial charge < -0.3 is 5.73 Å². The molecule has 0 aliphatic rings. The molecule has 0 amide bonds. The lowest BCUT2D eigenvalue weighted by molar-refractivity contribution is 1.12. The summed E-state index contributed by atoms with van der Waals surface area (Å²) in [6.07, 6.45) is 2.50. The fourth-order valence-corrected chi connectivity index (χ4v) is 1.02. The monoisotopic (exact) mass is 216 g/mol. The molecule has 6 heteroatoms. The number of anilines is 1. The van der Waals surface area contributed by atoms with Crippen molar-refractivity contribution in [1.82, 2.24) is 0 Å². The molecule has 3 N–H and O–H groups in total. The van der Waals surface area contributed by atoms with Crippen LogP contribution in [0, 0.1) is 11.5 Å². The fourth-order valence-electron chi connectivity index (χ4n) is 1.02. The van der Waals surface area contributed by atoms with Crippen LogP contribution in [0.2, 0.25) is 0 Å². The van der Waals surface area contributed by atoms with Gasteiger partial charge in [-0.05, 0) is 24.1 Å². The third-order valence-corrected chi connectivity index (χ3v) is 1.86. The first-order chi connectivity index (χ1) is 7.76. The van der Waals surface area contributed by atoms with Gasteiger partial charge in [-0.15, -0.1) is 4.99 Å². The zero-order valence-electron chi connectivity index (χ0n) is 8.88. The number of nitrogens with two attached hydrogens (primary N) is 1. The van der Waals surface area contributed by atoms with Gasteiger partial charge in [-0.2, -0.15) is 5.26 Å². The normalized spacial score (nSPS) is 11.4. The van der Waals surface area contributed by atoms with Gasteiger partial charge in [0, 0.05) is 0 Å². The third kappa shape index (κ3) is 3.75. The van der Waals surface area contributed by atoms with Crippen LogP contribution in [0.4, 0.5) is 5.69 Å². The molecular formula is C10H12N6. The second-order valence-corrected chi connectivity index (χ2v) is 2.93. The molecule has 0 radical (unpaired) electrons. The summed E-state index contributed by atoms with van der Waals surface area (Å²) in [5, 5.41) is 15.2. The third-order valence-electron chi connectivity index (χ3n) is 1.86. The number of benzene rings is 1. The quantitative estimate of drug-likeness (QED) is 0.265. The molecule has 0 heterocycles. The van der Waals surface area contributed by atoms with Crippen LogP contribution < -0.4 is 11.2 Å². The first kappa shape index (κ1) is 11.7. The molecule has 0 saturated carbocycles. The van der Waals surface area contributed by atoms with E-state index >= 15 is 0 Å². The lowest BCUT2D eigenvalue weighted by Gasteiger charge is -1.99. The summed E-state index contributed by atoms with van der Waals surface area (Å²) in [5.41, 5.74) is 9.93. The molecule has 6 nitrogen and oxygen atoms in total. The first-order valence-corrected chi connectivity index (χ1v) is 4.74. The molecular weight excluding hydrogens is 204 g/mol. The average Bonchev–Trinajstić information content (AvgIpc) is 2.30. The molecule has 0 unspecified atom stereocenters. The molecule has 0 aliphatic carbocycles. The predicted octanol–water partition coefficient (Wildman–Crippen LogP) is 1.82. The highest BCUT2D eigenvalue weighted by Crippen LogP contribution is 2.09. The van der Waals surface area contributed by atoms with Gasteiger partial charge in [0.1, 0.15) is 0 Å². The summed E-state index contributed by atoms with van der Waals surface area (Å²) in [6.45, 7) is 2.08. The summed E-state index contributed by atoms with van der Waals surface area (Å²) in [4.78, 5) is 3.18. The molecule has 16 heavy (non-hydrogen) atoms. The molecule has 1 aromatic carbocycles. The maximum atomic E-state index is 8.17. The van der Waals surface area contributed by atoms with Gasteiger partial charge in [0.2, 0.25) is 6.19 Å². The SMILES string of the molecule is CCc1ccc(N/N=N/C(N)=NC#N)cc1. The standard InChI is InChI=1S/C10H12N6/c1-2-8-3-5-9(6-4-8)14-16-15-10(12)13-7-11/h3-6H,2H2,1H3,(H3,12,13,14,15). The Balaban J connectivity index is 2.55. The minimum Gasteiger partial charge on any atom is -0.366 e. The van der Waals surface area contributed by atoms with E-state index < -0.39 is 0 Å². The van der Waals surface area contributed by atoms with Gasteiger partial charge >= 0.3 is 0 Å². The maximum absolute atomic E-state index is 8.17. The number of rotatable bonds is 3. The van der Waals surface area contributed by atoms with Gasteiger partial charge in [0.05, 0.1) is 5.69 Å². The van der Waals surface area contributed by atoms with Crippen LogP contribution in [0.25, 0.3) is 0 Å². The Morgan fingerprint density at radius 1 is 1.44 bits per heavy atom. The summed E-state index contributed by atoms with van der Waals surface area (Å²) < 4.78 is 0. The minimum absolute atomic E-state index is 0.180. The van der Waals surface area contributed by atoms with Crippen molar-refractivity contribution >= 4 is 11.6 Å². The van der Waals surface area contributed by atoms with Crippen LogP contribution in [-0.4, -0.2) is 5.96 Å². The Bertz CT molecular complexity index is 426. The van der Waals surface area contributed by atoms with Crippen molar-refractivity contribution < 1.29 is 0 Å². The number of nitrogens with one attached hydrogen (secondary N) is 1. The van der Waals surface area contributed by atoms with E-state index in [1.165, 1.54) is 11.8 Å². The fraction of sp³-hybridized carbons (Fsp3) is 0.200. The van der Waals surface area contributed by atoms with Crippen LogP contribution in [0.1, 0.15) is 12.5 Å². The second kappa shape index (κ2) is 6.14. The van der Waals surface area contributed by atoms with E-state index in [2.05, 4.69) is 27.7 Å². The van der Waals surface area contributed by atoms with Gasteiger partial charge in [-0.25, -0.2) is 0 Å². The summed E-state index contributed by atoms with van der Waals surface area (Å²) >= 11 is 0. The highest BCUT2D eigenvalue weighted by atomic mass is 15.4. The molecule has 0 fully saturated rings. The number of nitrogens with zero attached hydrogens (tertiary/aromatic N) is 4. The van der Waals surface area contributed by atoms with Crippen LogP contribution in [0.5, 0.6) is 0 Å². The molecule has 1 rings (SSSR count). The van der Waals surface area contributed by atoms with E-state index in [4.69, 9.17) is 11.0 Å². The predicted molar refractivity (Wildman–Crippen MR) is 61.5 cm³/mol. The molecule has 0 bridgehead atoms. The first-order valence-electron chi connectivity index (χ1n) is 4.74. The van der Waals surface area contributed by atoms with E-state index in [0.717, 1.165) is 12.1 Å². The van der Waals surface area contributed by atoms with E-state index in [-0.39, 0.29) is 5.96 Å². The van der Waals surface area contributed by atoms with Crippen molar-refractivity contribution in [3.8, 4) is 6.19 Å². The molecule has 82 valence electrons. The zero-order valence-corrected chi connectivity index (χ0v) is 8.88. The summed E-state index contributed by atoms with van der Waals surface area (Å²) in [5.74, 6) is -0.180. The van der Waals surface area contributed by atoms with Crippen molar-refractivity contribution in [3.63, 3.8) is 0 Å². The van der Waals surface area contributed by atoms with Gasteiger partial charge in [0.25, 0.3) is 5.96 Å². The van der Waals surface area contributed by atoms with Gasteiger partial charge in [0.15, 0.2) is 0 Å². The van der Waals surface area contributed by atoms with Crippen LogP contribution in [0.3, 0.4) is 0 Å². The smallest absolute Gasteiger partial charge is 0.252 e. The van der Waals surface area contributed by atoms with Crippen molar-refractivity contribution in [2.24, 2.45) is 21.1 Å². The van der Waals surface area contributed by atoms with E-state index in [1.54, 1.807) is 0 Å². The highest BCUT2D eigenvalue weighted by Gasteiger charge is 1.91. The number of hydrogen-bond donors (Lipinski definition) is 2. The van der Waals surface area contributed by atoms with Crippen molar-refractivity contribution in [1.29, 1.82) is 5.26 Å². The topological polar surface area (TPSA) is 98.9 Å². The highest BCUT2D eigenvalue weighted by molar-refractivity contribution is 5.79. The van der Waals surface area contributed by atoms with E-state index in [0.29, 0.717) is 0 Å². The largest absolute Gasteiger partial charge is 0.366 e. The number of aliphatic imine (C=N–C) groups is 1. The maximum Gasteiger partial charge on any atom is 0.252 e. The number of hydrogen-bond acceptors (Lipinski definition) is 3. The van der Waals surface area contributed by atoms with Crippen LogP contribution in [-0.2, 0) is 6.42 Å². The summed E-state index contributed by atoms with van der Waals surface area (Å²) in [6, 6.07) is 7.75. The van der Waals surface area contributed by atoms with E-state index in [1.807, 2.05) is 24.3 Å². The second-order valence-electron chi connectivity index (χ2n) is 2.93. The number of aryl methyl sites for hydroxylation is 1. The van der Waals surface area contributed by atoms with Crippen molar-refractivity contribution in [3.05, 3.63) is 29.8 Å². The average molecular weight is 216 g/mol. The lowest BCUT2D eigenvalue weighted by atomic mass is 10.2. The number of guanidine groups is 1. The summed E-state index contributed by atoms with van der Waals surface area (Å²) in [7, 11) is 0. The molecule has 0 aromatic heterocycles. The van der Waals surface area contributed by atoms with Gasteiger partial charge in [-0.1, -0.05) is 29.4 Å².